The van der Waals surface area contributed by atoms with Gasteiger partial charge in [0.1, 0.15) is 17.6 Å². The van der Waals surface area contributed by atoms with Crippen molar-refractivity contribution in [3.05, 3.63) is 63.8 Å². The molecule has 1 amide bonds. The van der Waals surface area contributed by atoms with E-state index in [0.29, 0.717) is 22.2 Å². The molecule has 2 aromatic carbocycles. The number of hydrogen-bond donors (Lipinski definition) is 3. The van der Waals surface area contributed by atoms with Gasteiger partial charge in [0.2, 0.25) is 11.9 Å². The largest absolute Gasteiger partial charge is 0.461 e. The number of aldehydes is 1. The molecular weight excluding hydrogens is 551 g/mol. The topological polar surface area (TPSA) is 137 Å². The Morgan fingerprint density at radius 3 is 2.60 bits per heavy atom. The van der Waals surface area contributed by atoms with E-state index in [1.165, 1.54) is 0 Å². The molecular formula is C29H34Cl2N6O3. The van der Waals surface area contributed by atoms with Gasteiger partial charge >= 0.3 is 0 Å². The molecule has 11 heteroatoms. The van der Waals surface area contributed by atoms with E-state index in [-0.39, 0.29) is 18.4 Å². The first kappa shape index (κ1) is 34.0. The summed E-state index contributed by atoms with van der Waals surface area (Å²) in [6.45, 7) is 3.70. The van der Waals surface area contributed by atoms with Gasteiger partial charge in [0.25, 0.3) is 0 Å². The summed E-state index contributed by atoms with van der Waals surface area (Å²) < 4.78 is 5.43. The van der Waals surface area contributed by atoms with Gasteiger partial charge in [-0.05, 0) is 68.8 Å². The molecule has 3 aromatic rings. The Hall–Kier alpha value is -4.02. The minimum absolute atomic E-state index is 0.0714. The molecule has 1 aromatic heterocycles. The zero-order chi connectivity index (χ0) is 29.9. The number of fused-ring (bicyclic) bond motifs is 1. The van der Waals surface area contributed by atoms with E-state index < -0.39 is 0 Å². The quantitative estimate of drug-likeness (QED) is 0.0922. The number of amides is 1. The van der Waals surface area contributed by atoms with E-state index in [4.69, 9.17) is 38.6 Å². The predicted octanol–water partition coefficient (Wildman–Crippen LogP) is 5.31. The maximum absolute atomic E-state index is 11.2. The molecule has 1 aliphatic rings. The lowest BCUT2D eigenvalue weighted by Crippen LogP contribution is -2.31. The average Bonchev–Trinajstić information content (AvgIpc) is 3.18. The number of rotatable bonds is 5. The maximum atomic E-state index is 11.2. The number of guanidine groups is 1. The molecule has 4 rings (SSSR count). The molecule has 0 saturated carbocycles. The first-order valence-corrected chi connectivity index (χ1v) is 13.2. The fourth-order valence-corrected chi connectivity index (χ4v) is 4.11. The fourth-order valence-electron chi connectivity index (χ4n) is 3.63. The number of benzene rings is 2. The Bertz CT molecular complexity index is 1330. The first-order chi connectivity index (χ1) is 19.3. The van der Waals surface area contributed by atoms with Crippen molar-refractivity contribution >= 4 is 58.0 Å². The van der Waals surface area contributed by atoms with Crippen LogP contribution in [-0.4, -0.2) is 43.2 Å². The van der Waals surface area contributed by atoms with E-state index in [9.17, 15) is 9.59 Å². The molecule has 0 unspecified atom stereocenters. The molecule has 0 spiro atoms. The average molecular weight is 586 g/mol. The van der Waals surface area contributed by atoms with Crippen LogP contribution >= 0.6 is 23.2 Å². The van der Waals surface area contributed by atoms with Crippen molar-refractivity contribution in [2.75, 3.05) is 20.1 Å². The highest BCUT2D eigenvalue weighted by atomic mass is 35.5. The molecule has 1 saturated heterocycles. The summed E-state index contributed by atoms with van der Waals surface area (Å²) >= 11 is 11.6. The molecule has 212 valence electrons. The van der Waals surface area contributed by atoms with Gasteiger partial charge in [0.15, 0.2) is 6.19 Å². The van der Waals surface area contributed by atoms with E-state index in [0.717, 1.165) is 60.9 Å². The third kappa shape index (κ3) is 12.2. The number of nitrogens with two attached hydrogens (primary N) is 1. The molecule has 0 bridgehead atoms. The molecule has 9 nitrogen and oxygen atoms in total. The molecule has 0 radical (unpaired) electrons. The van der Waals surface area contributed by atoms with Crippen molar-refractivity contribution in [2.24, 2.45) is 10.7 Å². The van der Waals surface area contributed by atoms with Crippen LogP contribution in [0.4, 0.5) is 5.69 Å². The number of terminal acetylenes is 1. The number of carbonyl (C=O) groups excluding carboxylic acids is 2. The van der Waals surface area contributed by atoms with Crippen LogP contribution in [0.1, 0.15) is 37.0 Å². The summed E-state index contributed by atoms with van der Waals surface area (Å²) in [7, 11) is 1.88. The van der Waals surface area contributed by atoms with Crippen molar-refractivity contribution < 1.29 is 14.0 Å². The number of halogens is 2. The zero-order valence-electron chi connectivity index (χ0n) is 22.6. The van der Waals surface area contributed by atoms with Crippen molar-refractivity contribution in [3.63, 3.8) is 0 Å². The Balaban J connectivity index is 0.000000299. The Kier molecular flexibility index (Phi) is 16.2. The summed E-state index contributed by atoms with van der Waals surface area (Å²) in [6, 6.07) is 12.9. The number of carbonyl (C=O) groups is 2. The van der Waals surface area contributed by atoms with Gasteiger partial charge < -0.3 is 25.2 Å². The third-order valence-corrected chi connectivity index (χ3v) is 5.99. The summed E-state index contributed by atoms with van der Waals surface area (Å²) in [4.78, 5) is 27.0. The van der Waals surface area contributed by atoms with Crippen LogP contribution in [0.25, 0.3) is 11.0 Å². The van der Waals surface area contributed by atoms with Gasteiger partial charge in [-0.2, -0.15) is 5.26 Å². The molecule has 40 heavy (non-hydrogen) atoms. The van der Waals surface area contributed by atoms with Crippen molar-refractivity contribution in [1.29, 1.82) is 5.26 Å². The second kappa shape index (κ2) is 19.1. The van der Waals surface area contributed by atoms with Gasteiger partial charge in [-0.25, -0.2) is 4.99 Å². The lowest BCUT2D eigenvalue weighted by atomic mass is 10.2. The number of aliphatic imine (C=N–C) groups is 1. The fraction of sp³-hybridized carbons (Fsp3) is 0.310. The van der Waals surface area contributed by atoms with Crippen molar-refractivity contribution in [1.82, 2.24) is 15.5 Å². The Morgan fingerprint density at radius 1 is 1.20 bits per heavy atom. The maximum Gasteiger partial charge on any atom is 0.222 e. The molecule has 1 fully saturated rings. The third-order valence-electron chi connectivity index (χ3n) is 5.41. The summed E-state index contributed by atoms with van der Waals surface area (Å²) in [6.07, 6.45) is 14.3. The van der Waals surface area contributed by atoms with E-state index in [1.807, 2.05) is 44.3 Å². The van der Waals surface area contributed by atoms with Gasteiger partial charge in [-0.3, -0.25) is 10.1 Å². The number of likely N-dealkylation sites (tertiary alicyclic amines) is 1. The minimum Gasteiger partial charge on any atom is -0.461 e. The standard InChI is InChI=1S/C11H10N4O.C8H9Cl2N.C8H13NO2.C2H2/c1-7-4-8-5-9(2-3-10(8)16-7)15-11(13)14-6-12;1-11-5-6-2-3-7(9)4-8(6)10;10-7-6-9-5-3-1-2-4-8(9)11;1-2/h2-5H,1H3,(H3,13,14,15);2-4,11H,5H2,1H3;7H,1-6H2;1-2H. The Labute approximate surface area is 245 Å². The number of aryl methyl sites for hydroxylation is 1. The summed E-state index contributed by atoms with van der Waals surface area (Å²) in [5, 5.41) is 16.0. The van der Waals surface area contributed by atoms with Crippen LogP contribution in [0.15, 0.2) is 51.9 Å². The van der Waals surface area contributed by atoms with Gasteiger partial charge in [0, 0.05) is 34.9 Å². The number of furan rings is 1. The second-order valence-corrected chi connectivity index (χ2v) is 9.24. The van der Waals surface area contributed by atoms with E-state index in [1.54, 1.807) is 23.2 Å². The first-order valence-electron chi connectivity index (χ1n) is 12.4. The zero-order valence-corrected chi connectivity index (χ0v) is 24.1. The van der Waals surface area contributed by atoms with Crippen molar-refractivity contribution in [3.8, 4) is 19.0 Å². The van der Waals surface area contributed by atoms with Crippen LogP contribution < -0.4 is 16.4 Å². The van der Waals surface area contributed by atoms with Gasteiger partial charge in [0.05, 0.1) is 12.2 Å². The monoisotopic (exact) mass is 584 g/mol. The number of nitrogens with one attached hydrogen (secondary N) is 2. The van der Waals surface area contributed by atoms with Crippen LogP contribution in [0.2, 0.25) is 10.0 Å². The normalized spacial score (nSPS) is 12.8. The van der Waals surface area contributed by atoms with Crippen LogP contribution in [0, 0.1) is 31.2 Å². The molecule has 0 aliphatic carbocycles. The van der Waals surface area contributed by atoms with Crippen LogP contribution in [0.3, 0.4) is 0 Å². The summed E-state index contributed by atoms with van der Waals surface area (Å²) in [5.74, 6) is 1.05. The molecule has 2 heterocycles. The SMILES string of the molecule is C#C.CNCc1ccc(Cl)cc1Cl.Cc1cc2cc(N=C(N)NC#N)ccc2o1.O=CCN1CCCCCC1=O. The Morgan fingerprint density at radius 2 is 1.95 bits per heavy atom. The number of nitriles is 1. The van der Waals surface area contributed by atoms with Gasteiger partial charge in [-0.1, -0.05) is 35.7 Å². The van der Waals surface area contributed by atoms with Crippen molar-refractivity contribution in [2.45, 2.75) is 39.2 Å². The van der Waals surface area contributed by atoms with Crippen LogP contribution in [-0.2, 0) is 16.1 Å². The smallest absolute Gasteiger partial charge is 0.222 e. The van der Waals surface area contributed by atoms with Gasteiger partial charge in [-0.15, -0.1) is 12.8 Å². The number of nitrogens with zero attached hydrogens (tertiary/aromatic N) is 3. The van der Waals surface area contributed by atoms with E-state index >= 15 is 0 Å². The lowest BCUT2D eigenvalue weighted by molar-refractivity contribution is -0.132. The highest BCUT2D eigenvalue weighted by Crippen LogP contribution is 2.24. The molecule has 4 N–H and O–H groups in total. The highest BCUT2D eigenvalue weighted by Gasteiger charge is 2.14. The molecule has 1 aliphatic heterocycles. The molecule has 0 atom stereocenters. The number of hydrogen-bond acceptors (Lipinski definition) is 6. The summed E-state index contributed by atoms with van der Waals surface area (Å²) in [5.41, 5.74) is 8.01. The minimum atomic E-state index is 0.0714. The second-order valence-electron chi connectivity index (χ2n) is 8.40. The van der Waals surface area contributed by atoms with Crippen LogP contribution in [0.5, 0.6) is 0 Å². The lowest BCUT2D eigenvalue weighted by Gasteiger charge is -2.16. The predicted molar refractivity (Wildman–Crippen MR) is 161 cm³/mol. The van der Waals surface area contributed by atoms with E-state index in [2.05, 4.69) is 28.5 Å². The highest BCUT2D eigenvalue weighted by molar-refractivity contribution is 6.35.